The van der Waals surface area contributed by atoms with Crippen molar-refractivity contribution in [3.63, 3.8) is 0 Å². The summed E-state index contributed by atoms with van der Waals surface area (Å²) in [6.07, 6.45) is 46.3. The summed E-state index contributed by atoms with van der Waals surface area (Å²) in [7, 11) is 6.49. The van der Waals surface area contributed by atoms with Crippen LogP contribution in [0.5, 0.6) is 0 Å². The Kier molecular flexibility index (Phi) is 35.3. The molecule has 0 saturated carbocycles. The van der Waals surface area contributed by atoms with Crippen molar-refractivity contribution in [2.75, 3.05) is 40.9 Å². The number of unbranched alkanes of at least 4 members (excludes halogenated alkanes) is 24. The zero-order valence-corrected chi connectivity index (χ0v) is 32.7. The molecule has 0 aromatic rings. The molecule has 0 N–H and O–H groups in total. The van der Waals surface area contributed by atoms with Crippen LogP contribution in [0.1, 0.15) is 200 Å². The van der Waals surface area contributed by atoms with Gasteiger partial charge in [0.25, 0.3) is 0 Å². The van der Waals surface area contributed by atoms with Crippen LogP contribution in [0.25, 0.3) is 0 Å². The summed E-state index contributed by atoms with van der Waals surface area (Å²) >= 11 is 0. The van der Waals surface area contributed by atoms with Crippen molar-refractivity contribution >= 4 is 5.97 Å². The Morgan fingerprint density at radius 2 is 0.830 bits per heavy atom. The van der Waals surface area contributed by atoms with Crippen LogP contribution in [-0.4, -0.2) is 57.5 Å². The van der Waals surface area contributed by atoms with Crippen molar-refractivity contribution in [1.82, 2.24) is 0 Å². The summed E-state index contributed by atoms with van der Waals surface area (Å²) < 4.78 is 12.6. The highest BCUT2D eigenvalue weighted by Gasteiger charge is 2.22. The lowest BCUT2D eigenvalue weighted by Crippen LogP contribution is -2.43. The van der Waals surface area contributed by atoms with Crippen LogP contribution < -0.4 is 0 Å². The lowest BCUT2D eigenvalue weighted by molar-refractivity contribution is -0.873. The van der Waals surface area contributed by atoms with Crippen LogP contribution in [0.4, 0.5) is 0 Å². The third-order valence-corrected chi connectivity index (χ3v) is 9.07. The van der Waals surface area contributed by atoms with E-state index in [0.717, 1.165) is 36.9 Å². The van der Waals surface area contributed by atoms with Gasteiger partial charge in [-0.15, -0.1) is 0 Å². The molecule has 4 heteroatoms. The number of nitrogens with zero attached hydrogens (tertiary/aromatic N) is 1. The lowest BCUT2D eigenvalue weighted by Gasteiger charge is -2.29. The van der Waals surface area contributed by atoms with Gasteiger partial charge in [-0.2, -0.15) is 0 Å². The van der Waals surface area contributed by atoms with Crippen LogP contribution in [0, 0.1) is 0 Å². The average Bonchev–Trinajstić information content (AvgIpc) is 3.03. The monoisotopic (exact) mass is 663 g/mol. The van der Waals surface area contributed by atoms with Crippen molar-refractivity contribution in [3.8, 4) is 0 Å². The highest BCUT2D eigenvalue weighted by molar-refractivity contribution is 5.69. The van der Waals surface area contributed by atoms with Crippen molar-refractivity contribution in [3.05, 3.63) is 24.3 Å². The second-order valence-corrected chi connectivity index (χ2v) is 15.3. The quantitative estimate of drug-likeness (QED) is 0.0287. The number of hydrogen-bond donors (Lipinski definition) is 0. The molecule has 4 nitrogen and oxygen atoms in total. The van der Waals surface area contributed by atoms with Crippen molar-refractivity contribution in [2.24, 2.45) is 0 Å². The second-order valence-electron chi connectivity index (χ2n) is 15.3. The largest absolute Gasteiger partial charge is 0.466 e. The van der Waals surface area contributed by atoms with Gasteiger partial charge in [-0.3, -0.25) is 4.79 Å². The maximum atomic E-state index is 12.6. The van der Waals surface area contributed by atoms with E-state index in [2.05, 4.69) is 59.3 Å². The first kappa shape index (κ1) is 45.9. The molecular formula is C43H84NO3+. The minimum Gasteiger partial charge on any atom is -0.466 e. The smallest absolute Gasteiger partial charge is 0.308 e. The highest BCUT2D eigenvalue weighted by atomic mass is 16.5. The van der Waals surface area contributed by atoms with E-state index in [9.17, 15) is 4.79 Å². The fourth-order valence-electron chi connectivity index (χ4n) is 6.17. The van der Waals surface area contributed by atoms with Gasteiger partial charge >= 0.3 is 5.97 Å². The molecule has 278 valence electrons. The standard InChI is InChI=1S/C43H84NO3/c1-6-8-10-12-14-16-18-20-22-24-26-28-30-32-34-36-38-46-42(41-44(3,4)5)40-43(45)47-39-37-35-33-31-29-27-25-23-21-19-17-15-13-11-9-7-2/h20-23,42H,6-19,24-41H2,1-5H3/q+1. The van der Waals surface area contributed by atoms with E-state index in [4.69, 9.17) is 9.47 Å². The molecule has 1 unspecified atom stereocenters. The molecule has 0 rings (SSSR count). The number of rotatable bonds is 37. The number of allylic oxidation sites excluding steroid dienone is 4. The zero-order valence-electron chi connectivity index (χ0n) is 32.7. The highest BCUT2D eigenvalue weighted by Crippen LogP contribution is 2.13. The molecule has 0 aliphatic rings. The van der Waals surface area contributed by atoms with Gasteiger partial charge in [0.1, 0.15) is 12.6 Å². The molecule has 0 heterocycles. The molecule has 0 aromatic carbocycles. The van der Waals surface area contributed by atoms with E-state index in [0.29, 0.717) is 13.0 Å². The van der Waals surface area contributed by atoms with Gasteiger partial charge in [-0.05, 0) is 64.2 Å². The van der Waals surface area contributed by atoms with Crippen LogP contribution in [0.2, 0.25) is 0 Å². The molecule has 0 spiro atoms. The number of likely N-dealkylation sites (N-methyl/N-ethyl adjacent to an activating group) is 1. The summed E-state index contributed by atoms with van der Waals surface area (Å²) in [6.45, 7) is 6.68. The van der Waals surface area contributed by atoms with Crippen LogP contribution in [0.3, 0.4) is 0 Å². The van der Waals surface area contributed by atoms with Crippen LogP contribution >= 0.6 is 0 Å². The van der Waals surface area contributed by atoms with Gasteiger partial charge < -0.3 is 14.0 Å². The molecule has 0 aliphatic carbocycles. The second kappa shape index (κ2) is 36.2. The topological polar surface area (TPSA) is 35.5 Å². The fraction of sp³-hybridized carbons (Fsp3) is 0.884. The molecule has 0 bridgehead atoms. The third kappa shape index (κ3) is 39.2. The molecule has 0 radical (unpaired) electrons. The predicted molar refractivity (Wildman–Crippen MR) is 207 cm³/mol. The summed E-state index contributed by atoms with van der Waals surface area (Å²) in [5.74, 6) is -0.0998. The van der Waals surface area contributed by atoms with Gasteiger partial charge in [-0.25, -0.2) is 0 Å². The molecule has 0 saturated heterocycles. The Morgan fingerprint density at radius 3 is 1.21 bits per heavy atom. The van der Waals surface area contributed by atoms with Gasteiger partial charge in [0.2, 0.25) is 0 Å². The summed E-state index contributed by atoms with van der Waals surface area (Å²) in [6, 6.07) is 0. The minimum absolute atomic E-state index is 0.0644. The number of quaternary nitrogens is 1. The molecule has 0 aliphatic heterocycles. The number of esters is 1. The summed E-state index contributed by atoms with van der Waals surface area (Å²) in [4.78, 5) is 12.6. The molecule has 47 heavy (non-hydrogen) atoms. The molecule has 1 atom stereocenters. The maximum absolute atomic E-state index is 12.6. The molecular weight excluding hydrogens is 578 g/mol. The van der Waals surface area contributed by atoms with Crippen LogP contribution in [0.15, 0.2) is 24.3 Å². The molecule has 0 fully saturated rings. The Balaban J connectivity index is 3.75. The van der Waals surface area contributed by atoms with E-state index in [1.54, 1.807) is 0 Å². The SMILES string of the molecule is CCCCCCCCC=CCCCCCCCCOC(=O)CC(C[N+](C)(C)C)OCCCCCCCCC=CCCCCCCCC. The van der Waals surface area contributed by atoms with Crippen molar-refractivity contribution in [2.45, 2.75) is 206 Å². The van der Waals surface area contributed by atoms with E-state index < -0.39 is 0 Å². The van der Waals surface area contributed by atoms with E-state index in [1.165, 1.54) is 161 Å². The number of ether oxygens (including phenoxy) is 2. The Labute approximate surface area is 295 Å². The fourth-order valence-corrected chi connectivity index (χ4v) is 6.17. The zero-order chi connectivity index (χ0) is 34.5. The molecule has 0 aromatic heterocycles. The normalized spacial score (nSPS) is 12.9. The summed E-state index contributed by atoms with van der Waals surface area (Å²) in [5.41, 5.74) is 0. The van der Waals surface area contributed by atoms with Gasteiger partial charge in [0, 0.05) is 6.61 Å². The van der Waals surface area contributed by atoms with Crippen molar-refractivity contribution in [1.29, 1.82) is 0 Å². The maximum Gasteiger partial charge on any atom is 0.308 e. The average molecular weight is 663 g/mol. The van der Waals surface area contributed by atoms with Crippen LogP contribution in [-0.2, 0) is 14.3 Å². The predicted octanol–water partition coefficient (Wildman–Crippen LogP) is 13.1. The van der Waals surface area contributed by atoms with E-state index in [-0.39, 0.29) is 12.1 Å². The Bertz CT molecular complexity index is 696. The Hall–Kier alpha value is -1.13. The number of carbonyl (C=O) groups excluding carboxylic acids is 1. The molecule has 0 amide bonds. The first-order valence-corrected chi connectivity index (χ1v) is 20.8. The van der Waals surface area contributed by atoms with Gasteiger partial charge in [-0.1, -0.05) is 154 Å². The van der Waals surface area contributed by atoms with E-state index >= 15 is 0 Å². The summed E-state index contributed by atoms with van der Waals surface area (Å²) in [5, 5.41) is 0. The van der Waals surface area contributed by atoms with Gasteiger partial charge in [0.15, 0.2) is 0 Å². The van der Waals surface area contributed by atoms with Crippen molar-refractivity contribution < 1.29 is 18.8 Å². The third-order valence-electron chi connectivity index (χ3n) is 9.07. The first-order chi connectivity index (χ1) is 22.9. The van der Waals surface area contributed by atoms with Gasteiger partial charge in [0.05, 0.1) is 34.2 Å². The number of carbonyl (C=O) groups is 1. The van der Waals surface area contributed by atoms with E-state index in [1.807, 2.05) is 0 Å². The minimum atomic E-state index is -0.0998. The number of hydrogen-bond acceptors (Lipinski definition) is 3. The Morgan fingerprint density at radius 1 is 0.489 bits per heavy atom. The lowest BCUT2D eigenvalue weighted by atomic mass is 10.1. The first-order valence-electron chi connectivity index (χ1n) is 20.8.